The Morgan fingerprint density at radius 2 is 1.06 bits per heavy atom. The van der Waals surface area contributed by atoms with Gasteiger partial charge in [0.15, 0.2) is 0 Å². The van der Waals surface area contributed by atoms with E-state index in [0.29, 0.717) is 16.7 Å². The highest BCUT2D eigenvalue weighted by Crippen LogP contribution is 2.45. The van der Waals surface area contributed by atoms with Gasteiger partial charge in [0.2, 0.25) is 0 Å². The lowest BCUT2D eigenvalue weighted by Gasteiger charge is -2.16. The first kappa shape index (κ1) is 19.1. The van der Waals surface area contributed by atoms with Crippen LogP contribution in [0.25, 0.3) is 44.2 Å². The zero-order chi connectivity index (χ0) is 22.4. The number of hydrogen-bond donors (Lipinski definition) is 0. The summed E-state index contributed by atoms with van der Waals surface area (Å²) in [6, 6.07) is 37.5. The molecule has 0 saturated carbocycles. The van der Waals surface area contributed by atoms with Crippen LogP contribution in [-0.4, -0.2) is 0 Å². The topological polar surface area (TPSA) is 47.6 Å². The first-order valence-electron chi connectivity index (χ1n) is 11.0. The van der Waals surface area contributed by atoms with Crippen molar-refractivity contribution in [3.63, 3.8) is 0 Å². The van der Waals surface area contributed by atoms with Crippen molar-refractivity contribution in [1.82, 2.24) is 0 Å². The molecule has 0 amide bonds. The maximum absolute atomic E-state index is 9.83. The molecule has 0 heterocycles. The fourth-order valence-electron chi connectivity index (χ4n) is 5.21. The summed E-state index contributed by atoms with van der Waals surface area (Å²) in [7, 11) is 0. The van der Waals surface area contributed by atoms with Crippen LogP contribution in [0.15, 0.2) is 97.1 Å². The van der Waals surface area contributed by atoms with Crippen LogP contribution in [0.3, 0.4) is 0 Å². The van der Waals surface area contributed by atoms with Gasteiger partial charge in [0, 0.05) is 5.56 Å². The van der Waals surface area contributed by atoms with Gasteiger partial charge in [-0.2, -0.15) is 10.5 Å². The lowest BCUT2D eigenvalue weighted by molar-refractivity contribution is 1.26. The Morgan fingerprint density at radius 3 is 1.79 bits per heavy atom. The second-order valence-corrected chi connectivity index (χ2v) is 8.33. The van der Waals surface area contributed by atoms with Crippen molar-refractivity contribution >= 4 is 10.8 Å². The largest absolute Gasteiger partial charge is 0.192 e. The molecule has 1 aliphatic rings. The summed E-state index contributed by atoms with van der Waals surface area (Å²) in [5.41, 5.74) is 10.3. The average Bonchev–Trinajstić information content (AvgIpc) is 3.26. The summed E-state index contributed by atoms with van der Waals surface area (Å²) in [5, 5.41) is 21.8. The molecule has 0 atom stereocenters. The van der Waals surface area contributed by atoms with Gasteiger partial charge < -0.3 is 0 Å². The molecule has 0 unspecified atom stereocenters. The molecule has 0 aromatic heterocycles. The van der Waals surface area contributed by atoms with Gasteiger partial charge in [-0.15, -0.1) is 0 Å². The highest BCUT2D eigenvalue weighted by Gasteiger charge is 2.23. The van der Waals surface area contributed by atoms with Gasteiger partial charge in [0.05, 0.1) is 23.3 Å². The smallest absolute Gasteiger partial charge is 0.0998 e. The zero-order valence-corrected chi connectivity index (χ0v) is 17.8. The summed E-state index contributed by atoms with van der Waals surface area (Å²) in [6.45, 7) is 0. The van der Waals surface area contributed by atoms with Crippen molar-refractivity contribution in [3.05, 3.63) is 119 Å². The van der Waals surface area contributed by atoms with Gasteiger partial charge in [-0.25, -0.2) is 0 Å². The van der Waals surface area contributed by atoms with Crippen LogP contribution < -0.4 is 0 Å². The van der Waals surface area contributed by atoms with E-state index in [1.54, 1.807) is 18.2 Å². The fraction of sp³-hybridized carbons (Fsp3) is 0.0323. The minimum Gasteiger partial charge on any atom is -0.192 e. The predicted molar refractivity (Wildman–Crippen MR) is 132 cm³/mol. The van der Waals surface area contributed by atoms with Crippen molar-refractivity contribution in [1.29, 1.82) is 10.5 Å². The molecule has 0 spiro atoms. The monoisotopic (exact) mass is 418 g/mol. The third-order valence-electron chi connectivity index (χ3n) is 6.62. The molecule has 152 valence electrons. The third kappa shape index (κ3) is 2.86. The van der Waals surface area contributed by atoms with Crippen molar-refractivity contribution in [2.24, 2.45) is 0 Å². The number of fused-ring (bicyclic) bond motifs is 4. The first-order chi connectivity index (χ1) is 16.3. The number of nitrogens with zero attached hydrogens (tertiary/aromatic N) is 2. The van der Waals surface area contributed by atoms with Crippen LogP contribution in [-0.2, 0) is 6.42 Å². The second-order valence-electron chi connectivity index (χ2n) is 8.33. The Labute approximate surface area is 192 Å². The van der Waals surface area contributed by atoms with Gasteiger partial charge in [-0.1, -0.05) is 84.9 Å². The second kappa shape index (κ2) is 7.49. The van der Waals surface area contributed by atoms with E-state index >= 15 is 0 Å². The Kier molecular flexibility index (Phi) is 4.32. The average molecular weight is 418 g/mol. The minimum atomic E-state index is 0.516. The number of rotatable bonds is 2. The van der Waals surface area contributed by atoms with Crippen molar-refractivity contribution in [2.75, 3.05) is 0 Å². The molecule has 2 nitrogen and oxygen atoms in total. The normalized spacial score (nSPS) is 11.5. The Bertz CT molecular complexity index is 1620. The minimum absolute atomic E-state index is 0.516. The van der Waals surface area contributed by atoms with Crippen LogP contribution in [0.5, 0.6) is 0 Å². The van der Waals surface area contributed by atoms with Gasteiger partial charge >= 0.3 is 0 Å². The van der Waals surface area contributed by atoms with Crippen LogP contribution in [0, 0.1) is 22.7 Å². The molecule has 33 heavy (non-hydrogen) atoms. The SMILES string of the molecule is N#Cc1cccc(C#N)c1-c1cccc2cccc(-c3cccc4c3Cc3ccccc3-4)c12. The maximum atomic E-state index is 9.83. The molecule has 0 aliphatic heterocycles. The molecule has 0 radical (unpaired) electrons. The van der Waals surface area contributed by atoms with Crippen LogP contribution in [0.1, 0.15) is 22.3 Å². The van der Waals surface area contributed by atoms with Crippen molar-refractivity contribution < 1.29 is 0 Å². The molecule has 0 bridgehead atoms. The Balaban J connectivity index is 1.69. The number of benzene rings is 5. The van der Waals surface area contributed by atoms with Gasteiger partial charge in [0.25, 0.3) is 0 Å². The van der Waals surface area contributed by atoms with E-state index in [1.165, 1.54) is 27.8 Å². The van der Waals surface area contributed by atoms with E-state index in [0.717, 1.165) is 28.3 Å². The van der Waals surface area contributed by atoms with Crippen molar-refractivity contribution in [2.45, 2.75) is 6.42 Å². The van der Waals surface area contributed by atoms with E-state index in [4.69, 9.17) is 0 Å². The van der Waals surface area contributed by atoms with E-state index in [2.05, 4.69) is 78.9 Å². The summed E-state index contributed by atoms with van der Waals surface area (Å²) in [6.07, 6.45) is 0.901. The maximum Gasteiger partial charge on any atom is 0.0998 e. The summed E-state index contributed by atoms with van der Waals surface area (Å²) in [5.74, 6) is 0. The molecule has 0 saturated heterocycles. The molecular formula is C31H18N2. The lowest BCUT2D eigenvalue weighted by Crippen LogP contribution is -1.94. The van der Waals surface area contributed by atoms with Crippen molar-refractivity contribution in [3.8, 4) is 45.5 Å². The van der Waals surface area contributed by atoms with E-state index in [9.17, 15) is 10.5 Å². The Morgan fingerprint density at radius 1 is 0.515 bits per heavy atom. The van der Waals surface area contributed by atoms with E-state index in [1.807, 2.05) is 12.1 Å². The molecule has 5 aromatic rings. The Hall–Kier alpha value is -4.66. The molecule has 6 rings (SSSR count). The van der Waals surface area contributed by atoms with Gasteiger partial charge in [0.1, 0.15) is 0 Å². The summed E-state index contributed by atoms with van der Waals surface area (Å²) < 4.78 is 0. The standard InChI is InChI=1S/C31H18N2/c32-18-22-10-3-11-23(19-33)30(22)28-16-5-9-20-8-4-15-27(31(20)28)26-14-6-13-25-24-12-2-1-7-21(24)17-29(25)26/h1-16H,17H2. The predicted octanol–water partition coefficient (Wildman–Crippen LogP) is 7.49. The molecule has 5 aromatic carbocycles. The van der Waals surface area contributed by atoms with E-state index < -0.39 is 0 Å². The summed E-state index contributed by atoms with van der Waals surface area (Å²) >= 11 is 0. The summed E-state index contributed by atoms with van der Waals surface area (Å²) in [4.78, 5) is 0. The highest BCUT2D eigenvalue weighted by molar-refractivity contribution is 6.08. The fourth-order valence-corrected chi connectivity index (χ4v) is 5.21. The molecule has 2 heteroatoms. The highest BCUT2D eigenvalue weighted by atomic mass is 14.3. The lowest BCUT2D eigenvalue weighted by atomic mass is 9.86. The molecule has 1 aliphatic carbocycles. The molecule has 0 fully saturated rings. The molecule has 0 N–H and O–H groups in total. The third-order valence-corrected chi connectivity index (χ3v) is 6.62. The zero-order valence-electron chi connectivity index (χ0n) is 17.8. The molecular weight excluding hydrogens is 400 g/mol. The van der Waals surface area contributed by atoms with Crippen LogP contribution in [0.4, 0.5) is 0 Å². The first-order valence-corrected chi connectivity index (χ1v) is 11.0. The number of hydrogen-bond acceptors (Lipinski definition) is 2. The number of nitriles is 2. The van der Waals surface area contributed by atoms with Gasteiger partial charge in [-0.3, -0.25) is 0 Å². The van der Waals surface area contributed by atoms with Crippen LogP contribution in [0.2, 0.25) is 0 Å². The van der Waals surface area contributed by atoms with Gasteiger partial charge in [-0.05, 0) is 68.3 Å². The van der Waals surface area contributed by atoms with Crippen LogP contribution >= 0.6 is 0 Å². The van der Waals surface area contributed by atoms with E-state index in [-0.39, 0.29) is 0 Å². The quantitative estimate of drug-likeness (QED) is 0.292.